The standard InChI is InChI=1S/C23H28N6O2.C2H6/c1-4-27-8-10-28(11-9-27)19-13-20-16(14-23(2,3)31-20)12-18(19)26-22(30)17-15-25-29-7-5-6-24-21(17)29;1-2/h5-7,12-13,15H,4,8-11,14H2,1-3H3,(H,26,30);1-2H3. The number of anilines is 2. The Morgan fingerprint density at radius 1 is 1.18 bits per heavy atom. The summed E-state index contributed by atoms with van der Waals surface area (Å²) in [4.78, 5) is 22.3. The Bertz CT molecular complexity index is 1130. The average molecular weight is 451 g/mol. The van der Waals surface area contributed by atoms with Gasteiger partial charge in [0.2, 0.25) is 0 Å². The number of carbonyl (C=O) groups excluding carboxylic acids is 1. The molecule has 0 spiro atoms. The molecule has 2 aliphatic rings. The predicted molar refractivity (Wildman–Crippen MR) is 131 cm³/mol. The number of hydrogen-bond acceptors (Lipinski definition) is 6. The maximum Gasteiger partial charge on any atom is 0.261 e. The van der Waals surface area contributed by atoms with Gasteiger partial charge < -0.3 is 19.9 Å². The Morgan fingerprint density at radius 3 is 2.67 bits per heavy atom. The molecule has 0 radical (unpaired) electrons. The van der Waals surface area contributed by atoms with Crippen molar-refractivity contribution in [3.63, 3.8) is 0 Å². The highest BCUT2D eigenvalue weighted by Gasteiger charge is 2.32. The molecule has 0 atom stereocenters. The van der Waals surface area contributed by atoms with Crippen molar-refractivity contribution in [2.24, 2.45) is 0 Å². The van der Waals surface area contributed by atoms with Crippen molar-refractivity contribution >= 4 is 22.9 Å². The molecule has 176 valence electrons. The predicted octanol–water partition coefficient (Wildman–Crippen LogP) is 3.86. The van der Waals surface area contributed by atoms with E-state index in [2.05, 4.69) is 58.1 Å². The van der Waals surface area contributed by atoms with Gasteiger partial charge in [0.15, 0.2) is 5.65 Å². The topological polar surface area (TPSA) is 75.0 Å². The quantitative estimate of drug-likeness (QED) is 0.651. The Balaban J connectivity index is 0.00000126. The summed E-state index contributed by atoms with van der Waals surface area (Å²) in [5, 5.41) is 7.39. The van der Waals surface area contributed by atoms with Crippen molar-refractivity contribution in [1.82, 2.24) is 19.5 Å². The molecule has 33 heavy (non-hydrogen) atoms. The van der Waals surface area contributed by atoms with E-state index >= 15 is 0 Å². The van der Waals surface area contributed by atoms with Gasteiger partial charge in [0.05, 0.1) is 17.6 Å². The number of fused-ring (bicyclic) bond motifs is 2. The van der Waals surface area contributed by atoms with Crippen LogP contribution in [0, 0.1) is 0 Å². The fraction of sp³-hybridized carbons (Fsp3) is 0.480. The third-order valence-corrected chi connectivity index (χ3v) is 6.11. The number of nitrogens with zero attached hydrogens (tertiary/aromatic N) is 5. The normalized spacial score (nSPS) is 17.2. The van der Waals surface area contributed by atoms with Crippen LogP contribution in [0.2, 0.25) is 0 Å². The SMILES string of the molecule is CC.CCN1CCN(c2cc3c(cc2NC(=O)c2cnn4cccnc24)CC(C)(C)O3)CC1. The van der Waals surface area contributed by atoms with Crippen LogP contribution < -0.4 is 15.0 Å². The first-order valence-electron chi connectivity index (χ1n) is 11.9. The average Bonchev–Trinajstić information content (AvgIpc) is 3.39. The first-order chi connectivity index (χ1) is 15.9. The summed E-state index contributed by atoms with van der Waals surface area (Å²) in [6, 6.07) is 5.95. The maximum atomic E-state index is 13.2. The summed E-state index contributed by atoms with van der Waals surface area (Å²) >= 11 is 0. The number of hydrogen-bond donors (Lipinski definition) is 1. The zero-order valence-electron chi connectivity index (χ0n) is 20.3. The largest absolute Gasteiger partial charge is 0.487 e. The van der Waals surface area contributed by atoms with E-state index in [4.69, 9.17) is 4.74 Å². The fourth-order valence-electron chi connectivity index (χ4n) is 4.48. The molecule has 0 bridgehead atoms. The number of amides is 1. The zero-order chi connectivity index (χ0) is 23.6. The van der Waals surface area contributed by atoms with Gasteiger partial charge in [-0.15, -0.1) is 0 Å². The third-order valence-electron chi connectivity index (χ3n) is 6.11. The molecule has 0 aliphatic carbocycles. The number of nitrogens with one attached hydrogen (secondary N) is 1. The molecule has 1 aromatic carbocycles. The Hall–Kier alpha value is -3.13. The minimum absolute atomic E-state index is 0.208. The molecule has 8 nitrogen and oxygen atoms in total. The number of ether oxygens (including phenoxy) is 1. The number of rotatable bonds is 4. The fourth-order valence-corrected chi connectivity index (χ4v) is 4.48. The summed E-state index contributed by atoms with van der Waals surface area (Å²) in [5.74, 6) is 0.703. The van der Waals surface area contributed by atoms with Crippen molar-refractivity contribution in [3.05, 3.63) is 47.9 Å². The van der Waals surface area contributed by atoms with Crippen LogP contribution in [-0.4, -0.2) is 63.7 Å². The van der Waals surface area contributed by atoms with Crippen LogP contribution in [0.1, 0.15) is 50.5 Å². The first-order valence-corrected chi connectivity index (χ1v) is 11.9. The summed E-state index contributed by atoms with van der Waals surface area (Å²) in [5.41, 5.74) is 3.70. The van der Waals surface area contributed by atoms with Crippen molar-refractivity contribution in [1.29, 1.82) is 0 Å². The molecule has 0 saturated carbocycles. The second-order valence-corrected chi connectivity index (χ2v) is 8.84. The van der Waals surface area contributed by atoms with Gasteiger partial charge in [-0.25, -0.2) is 9.50 Å². The zero-order valence-corrected chi connectivity index (χ0v) is 20.3. The van der Waals surface area contributed by atoms with E-state index in [9.17, 15) is 4.79 Å². The Kier molecular flexibility index (Phi) is 6.56. The van der Waals surface area contributed by atoms with Crippen molar-refractivity contribution < 1.29 is 9.53 Å². The molecule has 0 unspecified atom stereocenters. The van der Waals surface area contributed by atoms with E-state index in [0.29, 0.717) is 11.2 Å². The third kappa shape index (κ3) is 4.66. The highest BCUT2D eigenvalue weighted by Crippen LogP contribution is 2.42. The smallest absolute Gasteiger partial charge is 0.261 e. The molecule has 8 heteroatoms. The molecule has 1 N–H and O–H groups in total. The van der Waals surface area contributed by atoms with Gasteiger partial charge in [-0.3, -0.25) is 4.79 Å². The van der Waals surface area contributed by atoms with Gasteiger partial charge in [0.1, 0.15) is 16.9 Å². The highest BCUT2D eigenvalue weighted by atomic mass is 16.5. The van der Waals surface area contributed by atoms with E-state index in [1.807, 2.05) is 13.8 Å². The molecule has 2 aromatic heterocycles. The van der Waals surface area contributed by atoms with E-state index in [0.717, 1.165) is 61.8 Å². The van der Waals surface area contributed by atoms with Gasteiger partial charge in [-0.05, 0) is 32.5 Å². The van der Waals surface area contributed by atoms with E-state index in [-0.39, 0.29) is 11.5 Å². The van der Waals surface area contributed by atoms with Crippen molar-refractivity contribution in [2.75, 3.05) is 42.9 Å². The van der Waals surface area contributed by atoms with Crippen LogP contribution >= 0.6 is 0 Å². The number of piperazine rings is 1. The molecule has 4 heterocycles. The number of likely N-dealkylation sites (N-methyl/N-ethyl adjacent to an activating group) is 1. The lowest BCUT2D eigenvalue weighted by molar-refractivity contribution is 0.102. The molecule has 3 aromatic rings. The van der Waals surface area contributed by atoms with Gasteiger partial charge in [-0.1, -0.05) is 20.8 Å². The molecule has 5 rings (SSSR count). The lowest BCUT2D eigenvalue weighted by Crippen LogP contribution is -2.46. The van der Waals surface area contributed by atoms with Gasteiger partial charge >= 0.3 is 0 Å². The van der Waals surface area contributed by atoms with Crippen LogP contribution in [0.15, 0.2) is 36.8 Å². The van der Waals surface area contributed by atoms with Gasteiger partial charge in [-0.2, -0.15) is 5.10 Å². The molecule has 1 amide bonds. The summed E-state index contributed by atoms with van der Waals surface area (Å²) in [6.45, 7) is 15.3. The van der Waals surface area contributed by atoms with Crippen LogP contribution in [0.25, 0.3) is 5.65 Å². The lowest BCUT2D eigenvalue weighted by Gasteiger charge is -2.36. The van der Waals surface area contributed by atoms with E-state index < -0.39 is 0 Å². The first kappa shape index (κ1) is 23.0. The molecule has 1 saturated heterocycles. The van der Waals surface area contributed by atoms with E-state index in [1.165, 1.54) is 0 Å². The summed E-state index contributed by atoms with van der Waals surface area (Å²) in [7, 11) is 0. The maximum absolute atomic E-state index is 13.2. The Labute approximate surface area is 195 Å². The molecular weight excluding hydrogens is 416 g/mol. The summed E-state index contributed by atoms with van der Waals surface area (Å²) < 4.78 is 7.79. The monoisotopic (exact) mass is 450 g/mol. The number of aromatic nitrogens is 3. The van der Waals surface area contributed by atoms with E-state index in [1.54, 1.807) is 29.2 Å². The van der Waals surface area contributed by atoms with Crippen LogP contribution in [0.4, 0.5) is 11.4 Å². The number of carbonyl (C=O) groups is 1. The Morgan fingerprint density at radius 2 is 1.94 bits per heavy atom. The van der Waals surface area contributed by atoms with Crippen LogP contribution in [0.3, 0.4) is 0 Å². The minimum atomic E-state index is -0.241. The second-order valence-electron chi connectivity index (χ2n) is 8.84. The van der Waals surface area contributed by atoms with Crippen molar-refractivity contribution in [3.8, 4) is 5.75 Å². The number of benzene rings is 1. The van der Waals surface area contributed by atoms with Gasteiger partial charge in [0, 0.05) is 56.6 Å². The second kappa shape index (κ2) is 9.39. The molecular formula is C25H34N6O2. The highest BCUT2D eigenvalue weighted by molar-refractivity contribution is 6.09. The molecule has 2 aliphatic heterocycles. The lowest BCUT2D eigenvalue weighted by atomic mass is 10.0. The van der Waals surface area contributed by atoms with Crippen LogP contribution in [-0.2, 0) is 6.42 Å². The van der Waals surface area contributed by atoms with Crippen molar-refractivity contribution in [2.45, 2.75) is 46.6 Å². The molecule has 1 fully saturated rings. The minimum Gasteiger partial charge on any atom is -0.487 e. The van der Waals surface area contributed by atoms with Crippen LogP contribution in [0.5, 0.6) is 5.75 Å². The summed E-state index contributed by atoms with van der Waals surface area (Å²) in [6.07, 6.45) is 5.83. The van der Waals surface area contributed by atoms with Gasteiger partial charge in [0.25, 0.3) is 5.91 Å².